The summed E-state index contributed by atoms with van der Waals surface area (Å²) in [5, 5.41) is 16.5. The van der Waals surface area contributed by atoms with E-state index in [2.05, 4.69) is 10.4 Å². The largest absolute Gasteiger partial charge is 0.467 e. The molecule has 0 aliphatic rings. The van der Waals surface area contributed by atoms with Gasteiger partial charge in [0.15, 0.2) is 0 Å². The topological polar surface area (TPSA) is 97.4 Å². The Hall–Kier alpha value is -3.19. The van der Waals surface area contributed by atoms with Gasteiger partial charge in [-0.2, -0.15) is 9.78 Å². The first-order valence-electron chi connectivity index (χ1n) is 7.30. The second kappa shape index (κ2) is 6.93. The molecule has 0 fully saturated rings. The molecule has 2 N–H and O–H groups in total. The van der Waals surface area contributed by atoms with Gasteiger partial charge in [0.05, 0.1) is 18.5 Å². The number of carbonyl (C=O) groups is 1. The Bertz CT molecular complexity index is 872. The van der Waals surface area contributed by atoms with Gasteiger partial charge in [0, 0.05) is 6.07 Å². The molecule has 7 nitrogen and oxygen atoms in total. The normalized spacial score (nSPS) is 11.9. The van der Waals surface area contributed by atoms with Crippen molar-refractivity contribution < 1.29 is 14.3 Å². The van der Waals surface area contributed by atoms with Gasteiger partial charge in [-0.3, -0.25) is 9.59 Å². The maximum atomic E-state index is 12.2. The van der Waals surface area contributed by atoms with Crippen molar-refractivity contribution in [3.8, 4) is 5.69 Å². The Morgan fingerprint density at radius 2 is 1.96 bits per heavy atom. The van der Waals surface area contributed by atoms with Crippen LogP contribution in [-0.4, -0.2) is 27.3 Å². The zero-order valence-electron chi connectivity index (χ0n) is 12.6. The van der Waals surface area contributed by atoms with Gasteiger partial charge in [-0.05, 0) is 30.3 Å². The van der Waals surface area contributed by atoms with Crippen molar-refractivity contribution in [3.63, 3.8) is 0 Å². The van der Waals surface area contributed by atoms with Crippen LogP contribution in [0.2, 0.25) is 0 Å². The van der Waals surface area contributed by atoms with Crippen LogP contribution in [0.3, 0.4) is 0 Å². The SMILES string of the molecule is O=C(NCC(O)c1ccco1)c1ccc(=O)n(-c2ccccc2)n1. The van der Waals surface area contributed by atoms with Crippen molar-refractivity contribution in [3.05, 3.63) is 82.7 Å². The lowest BCUT2D eigenvalue weighted by Gasteiger charge is -2.10. The molecular formula is C17H15N3O4. The fourth-order valence-electron chi connectivity index (χ4n) is 2.15. The fourth-order valence-corrected chi connectivity index (χ4v) is 2.15. The molecule has 0 aliphatic carbocycles. The van der Waals surface area contributed by atoms with Crippen LogP contribution >= 0.6 is 0 Å². The van der Waals surface area contributed by atoms with Crippen molar-refractivity contribution in [1.29, 1.82) is 0 Å². The van der Waals surface area contributed by atoms with E-state index in [1.54, 1.807) is 36.4 Å². The van der Waals surface area contributed by atoms with Gasteiger partial charge in [-0.15, -0.1) is 0 Å². The second-order valence-corrected chi connectivity index (χ2v) is 5.05. The van der Waals surface area contributed by atoms with Crippen molar-refractivity contribution >= 4 is 5.91 Å². The van der Waals surface area contributed by atoms with Crippen LogP contribution in [0.4, 0.5) is 0 Å². The molecule has 1 amide bonds. The van der Waals surface area contributed by atoms with Gasteiger partial charge in [0.2, 0.25) is 0 Å². The van der Waals surface area contributed by atoms with Gasteiger partial charge in [-0.1, -0.05) is 18.2 Å². The monoisotopic (exact) mass is 325 g/mol. The predicted octanol–water partition coefficient (Wildman–Crippen LogP) is 1.29. The first-order valence-corrected chi connectivity index (χ1v) is 7.30. The molecule has 0 saturated carbocycles. The van der Waals surface area contributed by atoms with Gasteiger partial charge in [0.25, 0.3) is 11.5 Å². The second-order valence-electron chi connectivity index (χ2n) is 5.05. The standard InChI is InChI=1S/C17H15N3O4/c21-14(15-7-4-10-24-15)11-18-17(23)13-8-9-16(22)20(19-13)12-5-2-1-3-6-12/h1-10,14,21H,11H2,(H,18,23). The molecule has 0 radical (unpaired) electrons. The minimum Gasteiger partial charge on any atom is -0.467 e. The number of hydrogen-bond donors (Lipinski definition) is 2. The number of aromatic nitrogens is 2. The van der Waals surface area contributed by atoms with Crippen LogP contribution in [0.25, 0.3) is 5.69 Å². The minimum absolute atomic E-state index is 0.0293. The zero-order valence-corrected chi connectivity index (χ0v) is 12.6. The smallest absolute Gasteiger partial charge is 0.271 e. The van der Waals surface area contributed by atoms with Crippen LogP contribution in [0.15, 0.2) is 70.1 Å². The molecule has 1 atom stereocenters. The average molecular weight is 325 g/mol. The number of aliphatic hydroxyl groups excluding tert-OH is 1. The molecule has 122 valence electrons. The lowest BCUT2D eigenvalue weighted by Crippen LogP contribution is -2.31. The summed E-state index contributed by atoms with van der Waals surface area (Å²) in [5.41, 5.74) is 0.297. The van der Waals surface area contributed by atoms with Crippen LogP contribution < -0.4 is 10.9 Å². The van der Waals surface area contributed by atoms with E-state index < -0.39 is 12.0 Å². The summed E-state index contributed by atoms with van der Waals surface area (Å²) in [4.78, 5) is 24.1. The van der Waals surface area contributed by atoms with E-state index in [1.807, 2.05) is 6.07 Å². The third-order valence-electron chi connectivity index (χ3n) is 3.36. The van der Waals surface area contributed by atoms with Crippen molar-refractivity contribution in [2.45, 2.75) is 6.10 Å². The quantitative estimate of drug-likeness (QED) is 0.737. The zero-order chi connectivity index (χ0) is 16.9. The maximum Gasteiger partial charge on any atom is 0.271 e. The number of nitrogens with zero attached hydrogens (tertiary/aromatic N) is 2. The first-order chi connectivity index (χ1) is 11.6. The summed E-state index contributed by atoms with van der Waals surface area (Å²) in [6.07, 6.45) is 0.487. The number of rotatable bonds is 5. The highest BCUT2D eigenvalue weighted by molar-refractivity contribution is 5.92. The number of para-hydroxylation sites is 1. The van der Waals surface area contributed by atoms with Gasteiger partial charge >= 0.3 is 0 Å². The molecule has 0 saturated heterocycles. The summed E-state index contributed by atoms with van der Waals surface area (Å²) in [7, 11) is 0. The lowest BCUT2D eigenvalue weighted by atomic mass is 10.2. The molecule has 3 rings (SSSR count). The third kappa shape index (κ3) is 3.41. The first kappa shape index (κ1) is 15.7. The Labute approximate surface area is 137 Å². The molecule has 3 aromatic rings. The Balaban J connectivity index is 1.75. The Morgan fingerprint density at radius 1 is 1.17 bits per heavy atom. The van der Waals surface area contributed by atoms with Crippen LogP contribution in [0.1, 0.15) is 22.4 Å². The van der Waals surface area contributed by atoms with Crippen molar-refractivity contribution in [2.24, 2.45) is 0 Å². The molecule has 24 heavy (non-hydrogen) atoms. The van der Waals surface area contributed by atoms with E-state index in [-0.39, 0.29) is 17.8 Å². The highest BCUT2D eigenvalue weighted by Gasteiger charge is 2.15. The van der Waals surface area contributed by atoms with Gasteiger partial charge < -0.3 is 14.8 Å². The Kier molecular flexibility index (Phi) is 4.53. The summed E-state index contributed by atoms with van der Waals surface area (Å²) < 4.78 is 6.21. The van der Waals surface area contributed by atoms with E-state index >= 15 is 0 Å². The average Bonchev–Trinajstić information content (AvgIpc) is 3.15. The number of amides is 1. The molecular weight excluding hydrogens is 310 g/mol. The minimum atomic E-state index is -0.955. The molecule has 0 bridgehead atoms. The molecule has 0 spiro atoms. The Morgan fingerprint density at radius 3 is 2.67 bits per heavy atom. The summed E-state index contributed by atoms with van der Waals surface area (Å²) in [6, 6.07) is 14.7. The van der Waals surface area contributed by atoms with Crippen LogP contribution in [0, 0.1) is 0 Å². The van der Waals surface area contributed by atoms with Gasteiger partial charge in [0.1, 0.15) is 17.6 Å². The number of furan rings is 1. The van der Waals surface area contributed by atoms with Crippen molar-refractivity contribution in [2.75, 3.05) is 6.54 Å². The summed E-state index contributed by atoms with van der Waals surface area (Å²) in [6.45, 7) is -0.0293. The highest BCUT2D eigenvalue weighted by Crippen LogP contribution is 2.11. The third-order valence-corrected chi connectivity index (χ3v) is 3.36. The summed E-state index contributed by atoms with van der Waals surface area (Å²) >= 11 is 0. The number of benzene rings is 1. The maximum absolute atomic E-state index is 12.2. The molecule has 1 unspecified atom stereocenters. The molecule has 2 heterocycles. The van der Waals surface area contributed by atoms with Crippen LogP contribution in [0.5, 0.6) is 0 Å². The van der Waals surface area contributed by atoms with E-state index in [0.717, 1.165) is 4.68 Å². The van der Waals surface area contributed by atoms with Crippen molar-refractivity contribution in [1.82, 2.24) is 15.1 Å². The van der Waals surface area contributed by atoms with Gasteiger partial charge in [-0.25, -0.2) is 0 Å². The molecule has 2 aromatic heterocycles. The number of aliphatic hydroxyl groups is 1. The van der Waals surface area contributed by atoms with Crippen LogP contribution in [-0.2, 0) is 0 Å². The lowest BCUT2D eigenvalue weighted by molar-refractivity contribution is 0.0894. The number of hydrogen-bond acceptors (Lipinski definition) is 5. The molecule has 0 aliphatic heterocycles. The summed E-state index contributed by atoms with van der Waals surface area (Å²) in [5.74, 6) is -0.136. The molecule has 1 aromatic carbocycles. The predicted molar refractivity (Wildman–Crippen MR) is 85.8 cm³/mol. The number of nitrogens with one attached hydrogen (secondary N) is 1. The van der Waals surface area contributed by atoms with E-state index in [0.29, 0.717) is 11.4 Å². The fraction of sp³-hybridized carbons (Fsp3) is 0.118. The van der Waals surface area contributed by atoms with E-state index in [1.165, 1.54) is 18.4 Å². The van der Waals surface area contributed by atoms with E-state index in [9.17, 15) is 14.7 Å². The van der Waals surface area contributed by atoms with E-state index in [4.69, 9.17) is 4.42 Å². The number of carbonyl (C=O) groups excluding carboxylic acids is 1. The molecule has 7 heteroatoms. The highest BCUT2D eigenvalue weighted by atomic mass is 16.4.